The van der Waals surface area contributed by atoms with Gasteiger partial charge in [0.2, 0.25) is 17.7 Å². The predicted molar refractivity (Wildman–Crippen MR) is 186 cm³/mol. The van der Waals surface area contributed by atoms with Gasteiger partial charge in [-0.1, -0.05) is 84.4 Å². The van der Waals surface area contributed by atoms with Crippen LogP contribution in [0.15, 0.2) is 103 Å². The SMILES string of the molecule is CN(Cc1ccccc1Cl)C(=O)C(Cc1c[nH]c2ccccc12)NC(=O)C1C[C@@H](O)CN1C(=O)C1c2ccccc2Nc2ccccc21. The van der Waals surface area contributed by atoms with Gasteiger partial charge in [0.15, 0.2) is 0 Å². The fourth-order valence-corrected chi connectivity index (χ4v) is 7.19. The summed E-state index contributed by atoms with van der Waals surface area (Å²) in [6.45, 7) is 0.263. The van der Waals surface area contributed by atoms with E-state index in [4.69, 9.17) is 11.6 Å². The number of carbonyl (C=O) groups excluding carboxylic acids is 3. The Labute approximate surface area is 283 Å². The predicted octanol–water partition coefficient (Wildman–Crippen LogP) is 5.36. The van der Waals surface area contributed by atoms with E-state index in [2.05, 4.69) is 15.6 Å². The summed E-state index contributed by atoms with van der Waals surface area (Å²) in [5.74, 6) is -1.72. The van der Waals surface area contributed by atoms with Crippen molar-refractivity contribution in [1.82, 2.24) is 20.1 Å². The van der Waals surface area contributed by atoms with Gasteiger partial charge in [0.05, 0.1) is 12.0 Å². The first-order valence-electron chi connectivity index (χ1n) is 16.1. The molecule has 1 fully saturated rings. The first kappa shape index (κ1) is 31.5. The van der Waals surface area contributed by atoms with Crippen LogP contribution >= 0.6 is 11.6 Å². The lowest BCUT2D eigenvalue weighted by Gasteiger charge is -2.34. The largest absolute Gasteiger partial charge is 0.391 e. The average molecular weight is 662 g/mol. The number of para-hydroxylation sites is 3. The maximum absolute atomic E-state index is 14.5. The van der Waals surface area contributed by atoms with E-state index in [1.807, 2.05) is 97.2 Å². The summed E-state index contributed by atoms with van der Waals surface area (Å²) in [6.07, 6.45) is 1.25. The highest BCUT2D eigenvalue weighted by Gasteiger charge is 2.44. The molecule has 0 aliphatic carbocycles. The second-order valence-electron chi connectivity index (χ2n) is 12.5. The molecule has 1 aromatic heterocycles. The van der Waals surface area contributed by atoms with E-state index in [9.17, 15) is 19.5 Å². The molecule has 9 nitrogen and oxygen atoms in total. The molecule has 4 aromatic carbocycles. The minimum Gasteiger partial charge on any atom is -0.391 e. The van der Waals surface area contributed by atoms with Crippen molar-refractivity contribution in [3.05, 3.63) is 131 Å². The Bertz CT molecular complexity index is 1960. The van der Waals surface area contributed by atoms with Crippen molar-refractivity contribution in [2.24, 2.45) is 0 Å². The zero-order chi connectivity index (χ0) is 33.4. The van der Waals surface area contributed by atoms with Gasteiger partial charge in [0, 0.05) is 66.5 Å². The number of fused-ring (bicyclic) bond motifs is 3. The van der Waals surface area contributed by atoms with Crippen LogP contribution in [-0.2, 0) is 27.3 Å². The number of halogens is 1. The number of hydrogen-bond acceptors (Lipinski definition) is 5. The van der Waals surface area contributed by atoms with Crippen molar-refractivity contribution < 1.29 is 19.5 Å². The number of hydrogen-bond donors (Lipinski definition) is 4. The summed E-state index contributed by atoms with van der Waals surface area (Å²) in [4.78, 5) is 49.0. The van der Waals surface area contributed by atoms with Gasteiger partial charge in [0.1, 0.15) is 12.1 Å². The number of H-pyrrole nitrogens is 1. The van der Waals surface area contributed by atoms with Crippen LogP contribution in [0, 0.1) is 0 Å². The molecule has 0 bridgehead atoms. The Kier molecular flexibility index (Phi) is 8.64. The van der Waals surface area contributed by atoms with E-state index in [-0.39, 0.29) is 37.7 Å². The van der Waals surface area contributed by atoms with Gasteiger partial charge in [-0.2, -0.15) is 0 Å². The number of amides is 3. The van der Waals surface area contributed by atoms with Gasteiger partial charge in [-0.3, -0.25) is 14.4 Å². The van der Waals surface area contributed by atoms with Crippen LogP contribution in [0.1, 0.15) is 34.6 Å². The molecule has 3 heterocycles. The number of aromatic nitrogens is 1. The maximum atomic E-state index is 14.5. The van der Waals surface area contributed by atoms with Crippen LogP contribution in [0.4, 0.5) is 11.4 Å². The Morgan fingerprint density at radius 3 is 2.29 bits per heavy atom. The third-order valence-electron chi connectivity index (χ3n) is 9.38. The van der Waals surface area contributed by atoms with Crippen molar-refractivity contribution in [2.75, 3.05) is 18.9 Å². The highest BCUT2D eigenvalue weighted by Crippen LogP contribution is 2.43. The van der Waals surface area contributed by atoms with Crippen LogP contribution in [0.3, 0.4) is 0 Å². The number of benzene rings is 4. The van der Waals surface area contributed by atoms with Crippen molar-refractivity contribution in [2.45, 2.75) is 43.5 Å². The topological polar surface area (TPSA) is 118 Å². The molecule has 2 aliphatic rings. The Morgan fingerprint density at radius 1 is 0.917 bits per heavy atom. The van der Waals surface area contributed by atoms with E-state index < -0.39 is 30.0 Å². The smallest absolute Gasteiger partial charge is 0.245 e. The molecule has 244 valence electrons. The third kappa shape index (κ3) is 6.03. The van der Waals surface area contributed by atoms with Crippen molar-refractivity contribution in [1.29, 1.82) is 0 Å². The molecule has 4 N–H and O–H groups in total. The number of carbonyl (C=O) groups is 3. The van der Waals surface area contributed by atoms with Crippen LogP contribution < -0.4 is 10.6 Å². The zero-order valence-electron chi connectivity index (χ0n) is 26.4. The minimum absolute atomic E-state index is 0.0126. The number of likely N-dealkylation sites (N-methyl/N-ethyl adjacent to an activating group) is 1. The number of nitrogens with zero attached hydrogens (tertiary/aromatic N) is 2. The van der Waals surface area contributed by atoms with Crippen molar-refractivity contribution >= 4 is 51.6 Å². The van der Waals surface area contributed by atoms with Crippen LogP contribution in [0.2, 0.25) is 5.02 Å². The molecule has 1 saturated heterocycles. The quantitative estimate of drug-likeness (QED) is 0.179. The average Bonchev–Trinajstić information content (AvgIpc) is 3.70. The fourth-order valence-electron chi connectivity index (χ4n) is 6.99. The Balaban J connectivity index is 1.17. The number of anilines is 2. The maximum Gasteiger partial charge on any atom is 0.245 e. The second-order valence-corrected chi connectivity index (χ2v) is 12.9. The molecule has 2 aliphatic heterocycles. The number of aliphatic hydroxyl groups is 1. The van der Waals surface area contributed by atoms with E-state index in [1.54, 1.807) is 18.0 Å². The standard InChI is InChI=1S/C38H36ClN5O4/c1-43(21-23-10-2-6-14-29(23)39)37(47)33(18-24-20-40-30-15-7-3-11-26(24)30)42-36(46)34-19-25(45)22-44(34)38(48)35-27-12-4-8-16-31(27)41-32-17-9-5-13-28(32)35/h2-17,20,25,33-35,40-41,45H,18-19,21-22H2,1H3,(H,42,46)/t25-,33?,34?/m1/s1. The van der Waals surface area contributed by atoms with Crippen LogP contribution in [-0.4, -0.2) is 69.4 Å². The van der Waals surface area contributed by atoms with E-state index in [0.717, 1.165) is 44.5 Å². The van der Waals surface area contributed by atoms with Crippen molar-refractivity contribution in [3.8, 4) is 0 Å². The number of likely N-dealkylation sites (tertiary alicyclic amines) is 1. The van der Waals surface area contributed by atoms with Gasteiger partial charge >= 0.3 is 0 Å². The summed E-state index contributed by atoms with van der Waals surface area (Å²) >= 11 is 6.41. The number of nitrogens with one attached hydrogen (secondary N) is 3. The summed E-state index contributed by atoms with van der Waals surface area (Å²) < 4.78 is 0. The molecule has 2 unspecified atom stereocenters. The lowest BCUT2D eigenvalue weighted by Crippen LogP contribution is -2.54. The first-order chi connectivity index (χ1) is 23.3. The highest BCUT2D eigenvalue weighted by atomic mass is 35.5. The summed E-state index contributed by atoms with van der Waals surface area (Å²) in [7, 11) is 1.68. The van der Waals surface area contributed by atoms with E-state index in [1.165, 1.54) is 4.90 Å². The zero-order valence-corrected chi connectivity index (χ0v) is 27.2. The highest BCUT2D eigenvalue weighted by molar-refractivity contribution is 6.31. The summed E-state index contributed by atoms with van der Waals surface area (Å²) in [5.41, 5.74) is 5.82. The first-order valence-corrected chi connectivity index (χ1v) is 16.4. The van der Waals surface area contributed by atoms with Gasteiger partial charge in [0.25, 0.3) is 0 Å². The summed E-state index contributed by atoms with van der Waals surface area (Å²) in [6, 6.07) is 28.5. The number of aromatic amines is 1. The number of rotatable bonds is 8. The Morgan fingerprint density at radius 2 is 1.56 bits per heavy atom. The van der Waals surface area contributed by atoms with Gasteiger partial charge < -0.3 is 30.5 Å². The van der Waals surface area contributed by atoms with E-state index >= 15 is 0 Å². The van der Waals surface area contributed by atoms with Gasteiger partial charge in [-0.25, -0.2) is 0 Å². The number of β-amino-alcohol motifs (C(OH)–C–C–N with tert-alkyl or cyclic N) is 1. The molecule has 3 amide bonds. The number of aliphatic hydroxyl groups excluding tert-OH is 1. The van der Waals surface area contributed by atoms with Crippen LogP contribution in [0.25, 0.3) is 10.9 Å². The molecule has 0 spiro atoms. The molecule has 10 heteroatoms. The normalized spacial score (nSPS) is 17.7. The molecule has 7 rings (SSSR count). The molecular formula is C38H36ClN5O4. The lowest BCUT2D eigenvalue weighted by molar-refractivity contribution is -0.141. The fraction of sp³-hybridized carbons (Fsp3) is 0.237. The third-order valence-corrected chi connectivity index (χ3v) is 9.75. The molecule has 3 atom stereocenters. The van der Waals surface area contributed by atoms with Crippen LogP contribution in [0.5, 0.6) is 0 Å². The van der Waals surface area contributed by atoms with E-state index in [0.29, 0.717) is 5.02 Å². The van der Waals surface area contributed by atoms with Gasteiger partial charge in [-0.05, 0) is 46.5 Å². The van der Waals surface area contributed by atoms with Gasteiger partial charge in [-0.15, -0.1) is 0 Å². The molecule has 5 aromatic rings. The Hall–Kier alpha value is -5.12. The minimum atomic E-state index is -0.964. The lowest BCUT2D eigenvalue weighted by atomic mass is 9.84. The monoisotopic (exact) mass is 661 g/mol. The summed E-state index contributed by atoms with van der Waals surface area (Å²) in [5, 5.41) is 18.7. The molecule has 48 heavy (non-hydrogen) atoms. The molecule has 0 radical (unpaired) electrons. The van der Waals surface area contributed by atoms with Crippen molar-refractivity contribution in [3.63, 3.8) is 0 Å². The molecule has 0 saturated carbocycles. The molecular weight excluding hydrogens is 626 g/mol. The second kappa shape index (κ2) is 13.2.